The van der Waals surface area contributed by atoms with Gasteiger partial charge in [0.1, 0.15) is 6.04 Å². The number of anilines is 1. The Kier molecular flexibility index (Phi) is 5.19. The Labute approximate surface area is 205 Å². The molecule has 0 saturated carbocycles. The Hall–Kier alpha value is -4.98. The fraction of sp³-hybridized carbons (Fsp3) is 0.0714. The first kappa shape index (κ1) is 21.5. The predicted octanol–water partition coefficient (Wildman–Crippen LogP) is 4.59. The summed E-state index contributed by atoms with van der Waals surface area (Å²) in [5, 5.41) is 3.71. The number of fused-ring (bicyclic) bond motifs is 3. The minimum Gasteiger partial charge on any atom is -0.322 e. The zero-order valence-corrected chi connectivity index (χ0v) is 18.9. The topological polar surface area (TPSA) is 97.8 Å². The van der Waals surface area contributed by atoms with Crippen molar-refractivity contribution in [2.75, 3.05) is 5.32 Å². The molecular weight excluding hydrogens is 458 g/mol. The van der Waals surface area contributed by atoms with E-state index in [1.54, 1.807) is 60.8 Å². The first-order chi connectivity index (χ1) is 17.6. The number of carbonyl (C=O) groups is 3. The molecule has 6 rings (SSSR count). The summed E-state index contributed by atoms with van der Waals surface area (Å²) >= 11 is 0. The molecule has 176 valence electrons. The molecule has 2 aliphatic rings. The fourth-order valence-corrected chi connectivity index (χ4v) is 4.47. The van der Waals surface area contributed by atoms with E-state index in [4.69, 9.17) is 9.78 Å². The molecule has 8 nitrogen and oxygen atoms in total. The van der Waals surface area contributed by atoms with Gasteiger partial charge in [0, 0.05) is 23.6 Å². The quantitative estimate of drug-likeness (QED) is 0.333. The van der Waals surface area contributed by atoms with Crippen LogP contribution in [-0.4, -0.2) is 33.6 Å². The van der Waals surface area contributed by atoms with Crippen LogP contribution in [0, 0.1) is 0 Å². The van der Waals surface area contributed by atoms with Crippen LogP contribution in [0.4, 0.5) is 5.69 Å². The third-order valence-electron chi connectivity index (χ3n) is 6.20. The molecule has 3 heterocycles. The van der Waals surface area contributed by atoms with Crippen molar-refractivity contribution in [2.24, 2.45) is 0 Å². The molecule has 0 unspecified atom stereocenters. The van der Waals surface area contributed by atoms with Crippen LogP contribution in [0.1, 0.15) is 32.7 Å². The van der Waals surface area contributed by atoms with Crippen LogP contribution < -0.4 is 10.2 Å². The number of nitrogens with zero attached hydrogens (tertiary/aromatic N) is 2. The highest BCUT2D eigenvalue weighted by atomic mass is 17.2. The van der Waals surface area contributed by atoms with Crippen molar-refractivity contribution < 1.29 is 24.2 Å². The highest BCUT2D eigenvalue weighted by molar-refractivity contribution is 6.23. The SMILES string of the molecule is O=C(Nc1cccc2cccnc12)[C@H](CC1=Cc2ccccc2OO1)N1C(=O)c2ccccc2C1=O. The van der Waals surface area contributed by atoms with E-state index in [1.807, 2.05) is 30.3 Å². The van der Waals surface area contributed by atoms with Crippen molar-refractivity contribution in [3.8, 4) is 5.75 Å². The molecule has 1 aromatic heterocycles. The van der Waals surface area contributed by atoms with Gasteiger partial charge in [0.2, 0.25) is 5.91 Å². The molecule has 0 aliphatic carbocycles. The van der Waals surface area contributed by atoms with E-state index in [1.165, 1.54) is 0 Å². The minimum atomic E-state index is -1.20. The maximum Gasteiger partial charge on any atom is 0.262 e. The van der Waals surface area contributed by atoms with Gasteiger partial charge in [0.05, 0.1) is 22.3 Å². The number of amides is 3. The number of aromatic nitrogens is 1. The third-order valence-corrected chi connectivity index (χ3v) is 6.20. The Morgan fingerprint density at radius 1 is 0.861 bits per heavy atom. The van der Waals surface area contributed by atoms with Crippen molar-refractivity contribution in [1.82, 2.24) is 9.88 Å². The molecular formula is C28H19N3O5. The lowest BCUT2D eigenvalue weighted by atomic mass is 10.1. The van der Waals surface area contributed by atoms with Gasteiger partial charge < -0.3 is 5.32 Å². The standard InChI is InChI=1S/C28H19N3O5/c32-26(30-22-12-5-8-17-9-6-14-29-25(17)22)23(16-19-15-18-7-1-4-13-24(18)36-35-19)31-27(33)20-10-2-3-11-21(20)28(31)34/h1-15,23H,16H2,(H,30,32)/t23-/m0/s1. The largest absolute Gasteiger partial charge is 0.322 e. The van der Waals surface area contributed by atoms with E-state index >= 15 is 0 Å². The highest BCUT2D eigenvalue weighted by Gasteiger charge is 2.43. The molecule has 2 aliphatic heterocycles. The van der Waals surface area contributed by atoms with E-state index in [-0.39, 0.29) is 17.5 Å². The number of imide groups is 1. The first-order valence-electron chi connectivity index (χ1n) is 11.4. The second-order valence-corrected chi connectivity index (χ2v) is 8.43. The second-order valence-electron chi connectivity index (χ2n) is 8.43. The van der Waals surface area contributed by atoms with Crippen molar-refractivity contribution >= 4 is 40.4 Å². The average molecular weight is 477 g/mol. The zero-order chi connectivity index (χ0) is 24.6. The molecule has 3 amide bonds. The number of hydrogen-bond donors (Lipinski definition) is 1. The van der Waals surface area contributed by atoms with Crippen LogP contribution in [0.2, 0.25) is 0 Å². The Balaban J connectivity index is 1.37. The molecule has 0 spiro atoms. The number of para-hydroxylation sites is 2. The molecule has 1 atom stereocenters. The molecule has 1 N–H and O–H groups in total. The molecule has 4 aromatic rings. The Bertz CT molecular complexity index is 1540. The third kappa shape index (κ3) is 3.65. The monoisotopic (exact) mass is 477 g/mol. The van der Waals surface area contributed by atoms with E-state index in [2.05, 4.69) is 10.3 Å². The molecule has 0 bridgehead atoms. The van der Waals surface area contributed by atoms with Crippen LogP contribution in [0.15, 0.2) is 90.8 Å². The summed E-state index contributed by atoms with van der Waals surface area (Å²) in [5.74, 6) is -0.786. The van der Waals surface area contributed by atoms with Crippen LogP contribution >= 0.6 is 0 Å². The molecule has 36 heavy (non-hydrogen) atoms. The molecule has 0 saturated heterocycles. The van der Waals surface area contributed by atoms with Crippen LogP contribution in [0.3, 0.4) is 0 Å². The lowest BCUT2D eigenvalue weighted by Gasteiger charge is -2.27. The normalized spacial score (nSPS) is 14.9. The van der Waals surface area contributed by atoms with Gasteiger partial charge in [-0.3, -0.25) is 34.0 Å². The van der Waals surface area contributed by atoms with Gasteiger partial charge in [0.25, 0.3) is 11.8 Å². The van der Waals surface area contributed by atoms with Gasteiger partial charge in [-0.1, -0.05) is 48.5 Å². The number of rotatable bonds is 5. The smallest absolute Gasteiger partial charge is 0.262 e. The molecule has 0 radical (unpaired) electrons. The lowest BCUT2D eigenvalue weighted by Crippen LogP contribution is -2.47. The van der Waals surface area contributed by atoms with Gasteiger partial charge in [0.15, 0.2) is 11.5 Å². The maximum absolute atomic E-state index is 13.7. The van der Waals surface area contributed by atoms with Crippen molar-refractivity contribution in [3.63, 3.8) is 0 Å². The summed E-state index contributed by atoms with van der Waals surface area (Å²) in [6, 6.07) is 21.7. The van der Waals surface area contributed by atoms with Crippen molar-refractivity contribution in [2.45, 2.75) is 12.5 Å². The van der Waals surface area contributed by atoms with E-state index in [0.29, 0.717) is 22.7 Å². The summed E-state index contributed by atoms with van der Waals surface area (Å²) < 4.78 is 0. The van der Waals surface area contributed by atoms with Crippen LogP contribution in [0.5, 0.6) is 5.75 Å². The highest BCUT2D eigenvalue weighted by Crippen LogP contribution is 2.32. The van der Waals surface area contributed by atoms with Gasteiger partial charge >= 0.3 is 0 Å². The minimum absolute atomic E-state index is 0.0795. The number of hydrogen-bond acceptors (Lipinski definition) is 6. The first-order valence-corrected chi connectivity index (χ1v) is 11.4. The van der Waals surface area contributed by atoms with E-state index < -0.39 is 23.8 Å². The fourth-order valence-electron chi connectivity index (χ4n) is 4.47. The van der Waals surface area contributed by atoms with E-state index in [9.17, 15) is 14.4 Å². The van der Waals surface area contributed by atoms with Gasteiger partial charge in [-0.2, -0.15) is 0 Å². The van der Waals surface area contributed by atoms with E-state index in [0.717, 1.165) is 15.8 Å². The number of nitrogens with one attached hydrogen (secondary N) is 1. The maximum atomic E-state index is 13.7. The Morgan fingerprint density at radius 2 is 1.58 bits per heavy atom. The summed E-state index contributed by atoms with van der Waals surface area (Å²) in [6.45, 7) is 0. The van der Waals surface area contributed by atoms with Crippen LogP contribution in [0.25, 0.3) is 17.0 Å². The van der Waals surface area contributed by atoms with Gasteiger partial charge in [-0.15, -0.1) is 0 Å². The van der Waals surface area contributed by atoms with Crippen molar-refractivity contribution in [1.29, 1.82) is 0 Å². The molecule has 8 heteroatoms. The second kappa shape index (κ2) is 8.66. The van der Waals surface area contributed by atoms with Gasteiger partial charge in [-0.05, 0) is 36.4 Å². The number of carbonyl (C=O) groups excluding carboxylic acids is 3. The van der Waals surface area contributed by atoms with Gasteiger partial charge in [-0.25, -0.2) is 0 Å². The Morgan fingerprint density at radius 3 is 2.39 bits per heavy atom. The predicted molar refractivity (Wildman–Crippen MR) is 132 cm³/mol. The summed E-state index contributed by atoms with van der Waals surface area (Å²) in [7, 11) is 0. The lowest BCUT2D eigenvalue weighted by molar-refractivity contribution is -0.172. The number of benzene rings is 3. The van der Waals surface area contributed by atoms with Crippen molar-refractivity contribution in [3.05, 3.63) is 108 Å². The van der Waals surface area contributed by atoms with Crippen LogP contribution in [-0.2, 0) is 9.68 Å². The summed E-state index contributed by atoms with van der Waals surface area (Å²) in [4.78, 5) is 56.4. The zero-order valence-electron chi connectivity index (χ0n) is 18.9. The average Bonchev–Trinajstić information content (AvgIpc) is 3.17. The number of pyridine rings is 1. The summed E-state index contributed by atoms with van der Waals surface area (Å²) in [6.07, 6.45) is 3.29. The summed E-state index contributed by atoms with van der Waals surface area (Å²) in [5.41, 5.74) is 2.35. The molecule has 3 aromatic carbocycles. The molecule has 0 fully saturated rings.